The van der Waals surface area contributed by atoms with Gasteiger partial charge in [-0.25, -0.2) is 9.97 Å². The monoisotopic (exact) mass is 471 g/mol. The Labute approximate surface area is 201 Å². The number of amides is 2. The highest BCUT2D eigenvalue weighted by Crippen LogP contribution is 2.33. The Hall–Kier alpha value is -4.40. The van der Waals surface area contributed by atoms with E-state index in [1.165, 1.54) is 35.3 Å². The van der Waals surface area contributed by atoms with E-state index in [0.717, 1.165) is 35.1 Å². The molecule has 0 saturated heterocycles. The predicted octanol–water partition coefficient (Wildman–Crippen LogP) is 3.39. The summed E-state index contributed by atoms with van der Waals surface area (Å²) >= 11 is 0. The zero-order chi connectivity index (χ0) is 24.7. The van der Waals surface area contributed by atoms with Gasteiger partial charge in [0, 0.05) is 29.5 Å². The lowest BCUT2D eigenvalue weighted by molar-refractivity contribution is -0.137. The van der Waals surface area contributed by atoms with Gasteiger partial charge in [0.2, 0.25) is 0 Å². The minimum absolute atomic E-state index is 0.0548. The van der Waals surface area contributed by atoms with E-state index in [1.54, 1.807) is 0 Å². The highest BCUT2D eigenvalue weighted by atomic mass is 16.3. The molecule has 1 aliphatic heterocycles. The first-order valence-electron chi connectivity index (χ1n) is 11.5. The highest BCUT2D eigenvalue weighted by Gasteiger charge is 2.24. The second kappa shape index (κ2) is 8.75. The summed E-state index contributed by atoms with van der Waals surface area (Å²) in [4.78, 5) is 34.6. The second-order valence-electron chi connectivity index (χ2n) is 8.67. The van der Waals surface area contributed by atoms with Gasteiger partial charge < -0.3 is 20.5 Å². The Morgan fingerprint density at radius 1 is 0.971 bits per heavy atom. The highest BCUT2D eigenvalue weighted by molar-refractivity contribution is 6.13. The second-order valence-corrected chi connectivity index (χ2v) is 8.67. The van der Waals surface area contributed by atoms with Crippen molar-refractivity contribution >= 4 is 39.6 Å². The van der Waals surface area contributed by atoms with Gasteiger partial charge in [-0.1, -0.05) is 19.4 Å². The fourth-order valence-corrected chi connectivity index (χ4v) is 4.44. The molecule has 0 aliphatic carbocycles. The lowest BCUT2D eigenvalue weighted by Gasteiger charge is -2.15. The van der Waals surface area contributed by atoms with E-state index in [0.29, 0.717) is 28.8 Å². The number of hydrogen-bond donors (Lipinski definition) is 3. The third kappa shape index (κ3) is 4.05. The van der Waals surface area contributed by atoms with Crippen molar-refractivity contribution in [3.05, 3.63) is 65.5 Å². The molecule has 2 aromatic carbocycles. The quantitative estimate of drug-likeness (QED) is 0.278. The molecule has 4 N–H and O–H groups in total. The molecule has 0 unspecified atom stereocenters. The summed E-state index contributed by atoms with van der Waals surface area (Å²) in [7, 11) is 0. The number of unbranched alkanes of at least 4 members (excludes halogenated alkanes) is 1. The Morgan fingerprint density at radius 3 is 2.49 bits per heavy atom. The Bertz CT molecular complexity index is 1500. The van der Waals surface area contributed by atoms with Crippen molar-refractivity contribution in [2.45, 2.75) is 39.3 Å². The summed E-state index contributed by atoms with van der Waals surface area (Å²) in [5, 5.41) is 21.2. The SMILES string of the molecule is CCCCc1nc2c(N)nc3ccc(CN4C(=O)C=CC4=O)cc3c2n1Cc1cc(O)ccc1O. The molecule has 0 bridgehead atoms. The molecule has 0 fully saturated rings. The molecule has 0 atom stereocenters. The van der Waals surface area contributed by atoms with Gasteiger partial charge in [0.25, 0.3) is 11.8 Å². The number of aryl methyl sites for hydroxylation is 1. The van der Waals surface area contributed by atoms with Gasteiger partial charge in [-0.05, 0) is 42.3 Å². The van der Waals surface area contributed by atoms with Crippen LogP contribution in [0.5, 0.6) is 11.5 Å². The van der Waals surface area contributed by atoms with E-state index < -0.39 is 0 Å². The van der Waals surface area contributed by atoms with Crippen LogP contribution in [0.4, 0.5) is 5.82 Å². The number of aromatic nitrogens is 3. The van der Waals surface area contributed by atoms with Gasteiger partial charge in [-0.2, -0.15) is 0 Å². The van der Waals surface area contributed by atoms with Gasteiger partial charge in [-0.3, -0.25) is 14.5 Å². The molecule has 9 heteroatoms. The van der Waals surface area contributed by atoms with Gasteiger partial charge >= 0.3 is 0 Å². The molecule has 1 aliphatic rings. The standard InChI is InChI=1S/C26H25N5O4/c1-2-3-4-21-29-24-25(30(21)14-16-12-17(32)6-8-20(16)33)18-11-15(5-7-19(18)28-26(24)27)13-31-22(34)9-10-23(31)35/h5-12,32-33H,2-4,13-14H2,1H3,(H2,27,28). The largest absolute Gasteiger partial charge is 0.508 e. The molecule has 178 valence electrons. The van der Waals surface area contributed by atoms with E-state index in [4.69, 9.17) is 10.7 Å². The number of aromatic hydroxyl groups is 2. The summed E-state index contributed by atoms with van der Waals surface area (Å²) in [5.41, 5.74) is 9.56. The summed E-state index contributed by atoms with van der Waals surface area (Å²) in [6, 6.07) is 9.95. The van der Waals surface area contributed by atoms with E-state index in [2.05, 4.69) is 11.9 Å². The smallest absolute Gasteiger partial charge is 0.253 e. The van der Waals surface area contributed by atoms with Crippen LogP contribution in [0.2, 0.25) is 0 Å². The normalized spacial score (nSPS) is 13.6. The Morgan fingerprint density at radius 2 is 1.74 bits per heavy atom. The first kappa shape index (κ1) is 22.4. The number of imide groups is 1. The van der Waals surface area contributed by atoms with Gasteiger partial charge in [0.15, 0.2) is 5.82 Å². The number of phenolic OH excluding ortho intramolecular Hbond substituents is 2. The average molecular weight is 472 g/mol. The van der Waals surface area contributed by atoms with Crippen LogP contribution in [0.15, 0.2) is 48.6 Å². The van der Waals surface area contributed by atoms with Crippen molar-refractivity contribution < 1.29 is 19.8 Å². The van der Waals surface area contributed by atoms with Crippen molar-refractivity contribution in [1.82, 2.24) is 19.4 Å². The minimum Gasteiger partial charge on any atom is -0.508 e. The van der Waals surface area contributed by atoms with Crippen molar-refractivity contribution in [1.29, 1.82) is 0 Å². The minimum atomic E-state index is -0.345. The van der Waals surface area contributed by atoms with Crippen molar-refractivity contribution in [2.24, 2.45) is 0 Å². The van der Waals surface area contributed by atoms with Crippen LogP contribution in [-0.4, -0.2) is 41.5 Å². The number of imidazole rings is 1. The number of rotatable bonds is 7. The molecule has 2 amide bonds. The molecule has 4 aromatic rings. The lowest BCUT2D eigenvalue weighted by Crippen LogP contribution is -2.29. The fraction of sp³-hybridized carbons (Fsp3) is 0.231. The summed E-state index contributed by atoms with van der Waals surface area (Å²) in [5.74, 6) is 0.524. The van der Waals surface area contributed by atoms with E-state index in [-0.39, 0.29) is 36.4 Å². The molecule has 0 saturated carbocycles. The maximum Gasteiger partial charge on any atom is 0.253 e. The number of phenols is 2. The van der Waals surface area contributed by atoms with E-state index >= 15 is 0 Å². The van der Waals surface area contributed by atoms with Crippen LogP contribution in [0, 0.1) is 0 Å². The number of hydrogen-bond acceptors (Lipinski definition) is 7. The summed E-state index contributed by atoms with van der Waals surface area (Å²) in [6.45, 7) is 2.50. The van der Waals surface area contributed by atoms with Crippen LogP contribution in [0.1, 0.15) is 36.7 Å². The number of nitrogens with zero attached hydrogens (tertiary/aromatic N) is 4. The van der Waals surface area contributed by atoms with Crippen molar-refractivity contribution in [2.75, 3.05) is 5.73 Å². The number of carbonyl (C=O) groups excluding carboxylic acids is 2. The predicted molar refractivity (Wildman–Crippen MR) is 132 cm³/mol. The number of nitrogen functional groups attached to an aromatic ring is 1. The summed E-state index contributed by atoms with van der Waals surface area (Å²) in [6.07, 6.45) is 5.12. The number of benzene rings is 2. The molecule has 0 spiro atoms. The number of anilines is 1. The van der Waals surface area contributed by atoms with Gasteiger partial charge in [0.1, 0.15) is 22.8 Å². The fourth-order valence-electron chi connectivity index (χ4n) is 4.44. The zero-order valence-corrected chi connectivity index (χ0v) is 19.2. The average Bonchev–Trinajstić information content (AvgIpc) is 3.36. The van der Waals surface area contributed by atoms with E-state index in [1.807, 2.05) is 22.8 Å². The molecular weight excluding hydrogens is 446 g/mol. The van der Waals surface area contributed by atoms with Crippen LogP contribution in [0.25, 0.3) is 21.9 Å². The maximum absolute atomic E-state index is 12.1. The molecule has 9 nitrogen and oxygen atoms in total. The molecule has 2 aromatic heterocycles. The molecule has 35 heavy (non-hydrogen) atoms. The first-order chi connectivity index (χ1) is 16.9. The zero-order valence-electron chi connectivity index (χ0n) is 19.2. The Kier molecular flexibility index (Phi) is 5.60. The van der Waals surface area contributed by atoms with Crippen molar-refractivity contribution in [3.8, 4) is 11.5 Å². The van der Waals surface area contributed by atoms with E-state index in [9.17, 15) is 19.8 Å². The third-order valence-electron chi connectivity index (χ3n) is 6.23. The van der Waals surface area contributed by atoms with Crippen LogP contribution < -0.4 is 5.73 Å². The maximum atomic E-state index is 12.1. The van der Waals surface area contributed by atoms with Crippen LogP contribution in [0.3, 0.4) is 0 Å². The molecular formula is C26H25N5O4. The topological polar surface area (TPSA) is 135 Å². The van der Waals surface area contributed by atoms with Crippen molar-refractivity contribution in [3.63, 3.8) is 0 Å². The van der Waals surface area contributed by atoms with Gasteiger partial charge in [-0.15, -0.1) is 0 Å². The lowest BCUT2D eigenvalue weighted by atomic mass is 10.1. The third-order valence-corrected chi connectivity index (χ3v) is 6.23. The molecule has 0 radical (unpaired) electrons. The Balaban J connectivity index is 1.69. The van der Waals surface area contributed by atoms with Crippen LogP contribution >= 0.6 is 0 Å². The molecule has 5 rings (SSSR count). The number of pyridine rings is 1. The van der Waals surface area contributed by atoms with Gasteiger partial charge in [0.05, 0.1) is 24.1 Å². The van der Waals surface area contributed by atoms with Crippen LogP contribution in [-0.2, 0) is 29.1 Å². The number of carbonyl (C=O) groups is 2. The molecule has 3 heterocycles. The number of nitrogens with two attached hydrogens (primary N) is 1. The number of fused-ring (bicyclic) bond motifs is 3. The summed E-state index contributed by atoms with van der Waals surface area (Å²) < 4.78 is 2.00. The first-order valence-corrected chi connectivity index (χ1v) is 11.5.